The van der Waals surface area contributed by atoms with Crippen molar-refractivity contribution in [3.8, 4) is 11.3 Å². The fourth-order valence-electron chi connectivity index (χ4n) is 2.25. The van der Waals surface area contributed by atoms with Crippen LogP contribution in [0.3, 0.4) is 0 Å². The van der Waals surface area contributed by atoms with Gasteiger partial charge in [-0.05, 0) is 54.6 Å². The fraction of sp³-hybridized carbons (Fsp3) is 0.0556. The van der Waals surface area contributed by atoms with Gasteiger partial charge in [0.25, 0.3) is 5.91 Å². The van der Waals surface area contributed by atoms with Crippen molar-refractivity contribution in [1.82, 2.24) is 10.2 Å². The summed E-state index contributed by atoms with van der Waals surface area (Å²) >= 11 is 0. The Bertz CT molecular complexity index is 902. The molecule has 0 aliphatic carbocycles. The van der Waals surface area contributed by atoms with E-state index in [9.17, 15) is 14.0 Å². The number of benzene rings is 2. The molecule has 1 heterocycles. The highest BCUT2D eigenvalue weighted by atomic mass is 19.1. The van der Waals surface area contributed by atoms with E-state index in [2.05, 4.69) is 20.8 Å². The van der Waals surface area contributed by atoms with Crippen molar-refractivity contribution in [3.63, 3.8) is 0 Å². The summed E-state index contributed by atoms with van der Waals surface area (Å²) < 4.78 is 13.0. The lowest BCUT2D eigenvalue weighted by molar-refractivity contribution is -0.114. The second-order valence-electron chi connectivity index (χ2n) is 5.39. The van der Waals surface area contributed by atoms with Gasteiger partial charge in [-0.3, -0.25) is 14.7 Å². The molecule has 6 nitrogen and oxygen atoms in total. The van der Waals surface area contributed by atoms with E-state index in [1.54, 1.807) is 42.5 Å². The Labute approximate surface area is 143 Å². The van der Waals surface area contributed by atoms with Crippen LogP contribution in [0, 0.1) is 5.82 Å². The van der Waals surface area contributed by atoms with Crippen molar-refractivity contribution >= 4 is 23.2 Å². The molecular weight excluding hydrogens is 323 g/mol. The molecule has 0 fully saturated rings. The quantitative estimate of drug-likeness (QED) is 0.681. The van der Waals surface area contributed by atoms with Crippen molar-refractivity contribution in [3.05, 3.63) is 66.1 Å². The van der Waals surface area contributed by atoms with Crippen LogP contribution in [0.25, 0.3) is 11.3 Å². The number of carbonyl (C=O) groups is 2. The predicted molar refractivity (Wildman–Crippen MR) is 92.7 cm³/mol. The standard InChI is InChI=1S/C18H15FN4O2/c1-11(24)20-14-6-8-15(9-7-14)21-18(25)17-10-16(22-23-17)12-2-4-13(19)5-3-12/h2-10H,1H3,(H,20,24)(H,21,25)(H,22,23). The molecule has 3 rings (SSSR count). The fourth-order valence-corrected chi connectivity index (χ4v) is 2.25. The Balaban J connectivity index is 1.69. The molecule has 7 heteroatoms. The minimum Gasteiger partial charge on any atom is -0.326 e. The number of amides is 2. The van der Waals surface area contributed by atoms with Gasteiger partial charge in [0.1, 0.15) is 11.5 Å². The zero-order valence-corrected chi connectivity index (χ0v) is 13.3. The van der Waals surface area contributed by atoms with E-state index in [1.807, 2.05) is 0 Å². The van der Waals surface area contributed by atoms with Gasteiger partial charge in [0.05, 0.1) is 5.69 Å². The number of nitrogens with zero attached hydrogens (tertiary/aromatic N) is 1. The summed E-state index contributed by atoms with van der Waals surface area (Å²) in [5, 5.41) is 12.1. The van der Waals surface area contributed by atoms with Crippen LogP contribution in [0.5, 0.6) is 0 Å². The number of rotatable bonds is 4. The molecule has 3 aromatic rings. The number of H-pyrrole nitrogens is 1. The van der Waals surface area contributed by atoms with Crippen LogP contribution in [-0.4, -0.2) is 22.0 Å². The van der Waals surface area contributed by atoms with Crippen molar-refractivity contribution in [1.29, 1.82) is 0 Å². The summed E-state index contributed by atoms with van der Waals surface area (Å²) in [5.41, 5.74) is 2.76. The summed E-state index contributed by atoms with van der Waals surface area (Å²) in [7, 11) is 0. The van der Waals surface area contributed by atoms with Crippen LogP contribution in [-0.2, 0) is 4.79 Å². The summed E-state index contributed by atoms with van der Waals surface area (Å²) in [6.07, 6.45) is 0. The number of halogens is 1. The SMILES string of the molecule is CC(=O)Nc1ccc(NC(=O)c2cc(-c3ccc(F)cc3)n[nH]2)cc1. The Morgan fingerprint density at radius 3 is 2.16 bits per heavy atom. The van der Waals surface area contributed by atoms with Crippen LogP contribution in [0.4, 0.5) is 15.8 Å². The van der Waals surface area contributed by atoms with Crippen LogP contribution in [0.1, 0.15) is 17.4 Å². The maximum absolute atomic E-state index is 13.0. The molecule has 0 unspecified atom stereocenters. The van der Waals surface area contributed by atoms with Crippen molar-refractivity contribution in [2.75, 3.05) is 10.6 Å². The lowest BCUT2D eigenvalue weighted by atomic mass is 10.1. The van der Waals surface area contributed by atoms with E-state index in [4.69, 9.17) is 0 Å². The molecule has 1 aromatic heterocycles. The molecule has 126 valence electrons. The number of nitrogens with one attached hydrogen (secondary N) is 3. The third kappa shape index (κ3) is 4.08. The number of anilines is 2. The van der Waals surface area contributed by atoms with Gasteiger partial charge in [0, 0.05) is 23.9 Å². The van der Waals surface area contributed by atoms with Gasteiger partial charge in [-0.25, -0.2) is 4.39 Å². The third-order valence-electron chi connectivity index (χ3n) is 3.43. The van der Waals surface area contributed by atoms with E-state index in [1.165, 1.54) is 19.1 Å². The van der Waals surface area contributed by atoms with E-state index in [0.717, 1.165) is 0 Å². The molecule has 0 aliphatic rings. The highest BCUT2D eigenvalue weighted by Crippen LogP contribution is 2.19. The number of hydrogen-bond donors (Lipinski definition) is 3. The zero-order valence-electron chi connectivity index (χ0n) is 13.3. The first kappa shape index (κ1) is 16.4. The van der Waals surface area contributed by atoms with Gasteiger partial charge in [0.2, 0.25) is 5.91 Å². The molecule has 0 spiro atoms. The Morgan fingerprint density at radius 2 is 1.56 bits per heavy atom. The van der Waals surface area contributed by atoms with Crippen molar-refractivity contribution < 1.29 is 14.0 Å². The van der Waals surface area contributed by atoms with E-state index in [-0.39, 0.29) is 23.3 Å². The lowest BCUT2D eigenvalue weighted by Gasteiger charge is -2.05. The van der Waals surface area contributed by atoms with Gasteiger partial charge < -0.3 is 10.6 Å². The van der Waals surface area contributed by atoms with E-state index >= 15 is 0 Å². The zero-order chi connectivity index (χ0) is 17.8. The highest BCUT2D eigenvalue weighted by Gasteiger charge is 2.11. The molecule has 0 saturated heterocycles. The largest absolute Gasteiger partial charge is 0.326 e. The Morgan fingerprint density at radius 1 is 0.960 bits per heavy atom. The highest BCUT2D eigenvalue weighted by molar-refractivity contribution is 6.03. The molecule has 0 radical (unpaired) electrons. The number of hydrogen-bond acceptors (Lipinski definition) is 3. The van der Waals surface area contributed by atoms with Crippen LogP contribution >= 0.6 is 0 Å². The van der Waals surface area contributed by atoms with Gasteiger partial charge in [-0.2, -0.15) is 5.10 Å². The minimum absolute atomic E-state index is 0.164. The van der Waals surface area contributed by atoms with E-state index < -0.39 is 0 Å². The predicted octanol–water partition coefficient (Wildman–Crippen LogP) is 3.43. The van der Waals surface area contributed by atoms with Crippen molar-refractivity contribution in [2.24, 2.45) is 0 Å². The molecule has 25 heavy (non-hydrogen) atoms. The lowest BCUT2D eigenvalue weighted by Crippen LogP contribution is -2.12. The van der Waals surface area contributed by atoms with Crippen molar-refractivity contribution in [2.45, 2.75) is 6.92 Å². The Kier molecular flexibility index (Phi) is 4.56. The van der Waals surface area contributed by atoms with Crippen LogP contribution in [0.15, 0.2) is 54.6 Å². The van der Waals surface area contributed by atoms with Gasteiger partial charge in [0.15, 0.2) is 0 Å². The summed E-state index contributed by atoms with van der Waals surface area (Å²) in [5.74, 6) is -0.851. The van der Waals surface area contributed by atoms with Gasteiger partial charge in [-0.1, -0.05) is 0 Å². The molecule has 2 amide bonds. The summed E-state index contributed by atoms with van der Waals surface area (Å²) in [4.78, 5) is 23.2. The number of aromatic amines is 1. The second-order valence-corrected chi connectivity index (χ2v) is 5.39. The molecule has 0 saturated carbocycles. The normalized spacial score (nSPS) is 10.3. The first-order chi connectivity index (χ1) is 12.0. The average molecular weight is 338 g/mol. The van der Waals surface area contributed by atoms with Gasteiger partial charge in [-0.15, -0.1) is 0 Å². The molecule has 3 N–H and O–H groups in total. The van der Waals surface area contributed by atoms with E-state index in [0.29, 0.717) is 22.6 Å². The topological polar surface area (TPSA) is 86.9 Å². The average Bonchev–Trinajstić information content (AvgIpc) is 3.07. The number of aromatic nitrogens is 2. The molecule has 0 atom stereocenters. The maximum atomic E-state index is 13.0. The molecule has 0 aliphatic heterocycles. The molecule has 2 aromatic carbocycles. The Hall–Kier alpha value is -3.48. The minimum atomic E-state index is -0.354. The second kappa shape index (κ2) is 6.96. The van der Waals surface area contributed by atoms with Gasteiger partial charge >= 0.3 is 0 Å². The third-order valence-corrected chi connectivity index (χ3v) is 3.43. The van der Waals surface area contributed by atoms with Crippen LogP contribution in [0.2, 0.25) is 0 Å². The van der Waals surface area contributed by atoms with Crippen LogP contribution < -0.4 is 10.6 Å². The first-order valence-corrected chi connectivity index (χ1v) is 7.51. The smallest absolute Gasteiger partial charge is 0.273 e. The monoisotopic (exact) mass is 338 g/mol. The molecule has 0 bridgehead atoms. The first-order valence-electron chi connectivity index (χ1n) is 7.51. The number of carbonyl (C=O) groups excluding carboxylic acids is 2. The summed E-state index contributed by atoms with van der Waals surface area (Å²) in [6, 6.07) is 14.2. The maximum Gasteiger partial charge on any atom is 0.273 e. The molecular formula is C18H15FN4O2. The summed E-state index contributed by atoms with van der Waals surface area (Å²) in [6.45, 7) is 1.42.